The molecule has 0 aliphatic heterocycles. The highest BCUT2D eigenvalue weighted by Gasteiger charge is 2.03. The highest BCUT2D eigenvalue weighted by molar-refractivity contribution is 6.29. The third kappa shape index (κ3) is 2.52. The van der Waals surface area contributed by atoms with Crippen LogP contribution in [0.1, 0.15) is 11.3 Å². The molecule has 16 heavy (non-hydrogen) atoms. The Morgan fingerprint density at radius 3 is 2.62 bits per heavy atom. The molecule has 0 atom stereocenters. The summed E-state index contributed by atoms with van der Waals surface area (Å²) in [4.78, 5) is 4.13. The molecular weight excluding hydrogens is 222 g/mol. The van der Waals surface area contributed by atoms with Crippen LogP contribution < -0.4 is 4.74 Å². The maximum atomic E-state index is 5.78. The number of hydrogen-bond donors (Lipinski definition) is 0. The SMILES string of the molecule is Cc1cccc(Oc2ccc(Cl)nc2C)c1. The molecule has 0 radical (unpaired) electrons. The fourth-order valence-corrected chi connectivity index (χ4v) is 1.62. The number of halogens is 1. The van der Waals surface area contributed by atoms with Gasteiger partial charge in [-0.1, -0.05) is 23.7 Å². The molecule has 0 amide bonds. The van der Waals surface area contributed by atoms with Gasteiger partial charge in [0.25, 0.3) is 0 Å². The number of hydrogen-bond acceptors (Lipinski definition) is 2. The summed E-state index contributed by atoms with van der Waals surface area (Å²) in [6, 6.07) is 11.4. The second kappa shape index (κ2) is 4.54. The average Bonchev–Trinajstić information content (AvgIpc) is 2.22. The van der Waals surface area contributed by atoms with Gasteiger partial charge in [-0.25, -0.2) is 4.98 Å². The van der Waals surface area contributed by atoms with E-state index in [2.05, 4.69) is 4.98 Å². The molecule has 3 heteroatoms. The van der Waals surface area contributed by atoms with Crippen molar-refractivity contribution in [3.8, 4) is 11.5 Å². The Morgan fingerprint density at radius 2 is 1.94 bits per heavy atom. The van der Waals surface area contributed by atoms with Crippen molar-refractivity contribution in [2.45, 2.75) is 13.8 Å². The normalized spacial score (nSPS) is 10.2. The maximum absolute atomic E-state index is 5.78. The minimum absolute atomic E-state index is 0.481. The number of nitrogens with zero attached hydrogens (tertiary/aromatic N) is 1. The van der Waals surface area contributed by atoms with Crippen molar-refractivity contribution >= 4 is 11.6 Å². The zero-order valence-corrected chi connectivity index (χ0v) is 9.95. The summed E-state index contributed by atoms with van der Waals surface area (Å²) >= 11 is 5.78. The van der Waals surface area contributed by atoms with Crippen LogP contribution >= 0.6 is 11.6 Å². The van der Waals surface area contributed by atoms with Crippen molar-refractivity contribution in [2.24, 2.45) is 0 Å². The zero-order valence-electron chi connectivity index (χ0n) is 9.20. The van der Waals surface area contributed by atoms with Crippen LogP contribution in [0.25, 0.3) is 0 Å². The molecule has 0 saturated carbocycles. The van der Waals surface area contributed by atoms with Crippen LogP contribution in [0, 0.1) is 13.8 Å². The molecule has 2 nitrogen and oxygen atoms in total. The second-order valence-corrected chi connectivity index (χ2v) is 4.02. The summed E-state index contributed by atoms with van der Waals surface area (Å²) in [5.41, 5.74) is 1.95. The molecule has 1 aromatic heterocycles. The zero-order chi connectivity index (χ0) is 11.5. The molecule has 0 spiro atoms. The average molecular weight is 234 g/mol. The number of pyridine rings is 1. The lowest BCUT2D eigenvalue weighted by Crippen LogP contribution is -1.90. The summed E-state index contributed by atoms with van der Waals surface area (Å²) in [5, 5.41) is 0.481. The monoisotopic (exact) mass is 233 g/mol. The van der Waals surface area contributed by atoms with Gasteiger partial charge >= 0.3 is 0 Å². The Balaban J connectivity index is 2.27. The largest absolute Gasteiger partial charge is 0.455 e. The fourth-order valence-electron chi connectivity index (χ4n) is 1.43. The molecule has 1 heterocycles. The van der Waals surface area contributed by atoms with Crippen LogP contribution in [-0.4, -0.2) is 4.98 Å². The quantitative estimate of drug-likeness (QED) is 0.728. The molecule has 82 valence electrons. The Hall–Kier alpha value is -1.54. The first-order chi connectivity index (χ1) is 7.65. The lowest BCUT2D eigenvalue weighted by atomic mass is 10.2. The number of aryl methyl sites for hydroxylation is 2. The summed E-state index contributed by atoms with van der Waals surface area (Å²) in [6.07, 6.45) is 0. The van der Waals surface area contributed by atoms with Gasteiger partial charge in [0.1, 0.15) is 16.7 Å². The Labute approximate surface area is 99.9 Å². The second-order valence-electron chi connectivity index (χ2n) is 3.64. The molecule has 0 bridgehead atoms. The third-order valence-electron chi connectivity index (χ3n) is 2.22. The predicted octanol–water partition coefficient (Wildman–Crippen LogP) is 4.14. The van der Waals surface area contributed by atoms with Gasteiger partial charge in [0, 0.05) is 0 Å². The van der Waals surface area contributed by atoms with Crippen LogP contribution in [-0.2, 0) is 0 Å². The number of aromatic nitrogens is 1. The topological polar surface area (TPSA) is 22.1 Å². The molecule has 2 aromatic rings. The first-order valence-corrected chi connectivity index (χ1v) is 5.40. The van der Waals surface area contributed by atoms with Crippen LogP contribution in [0.5, 0.6) is 11.5 Å². The fraction of sp³-hybridized carbons (Fsp3) is 0.154. The van der Waals surface area contributed by atoms with E-state index in [1.54, 1.807) is 6.07 Å². The molecule has 0 saturated heterocycles. The van der Waals surface area contributed by atoms with Gasteiger partial charge in [0.15, 0.2) is 0 Å². The predicted molar refractivity (Wildman–Crippen MR) is 65.2 cm³/mol. The highest BCUT2D eigenvalue weighted by atomic mass is 35.5. The van der Waals surface area contributed by atoms with Crippen molar-refractivity contribution in [3.05, 3.63) is 52.8 Å². The molecule has 0 fully saturated rings. The van der Waals surface area contributed by atoms with Gasteiger partial charge in [-0.2, -0.15) is 0 Å². The lowest BCUT2D eigenvalue weighted by Gasteiger charge is -2.08. The van der Waals surface area contributed by atoms with Gasteiger partial charge in [-0.05, 0) is 43.7 Å². The van der Waals surface area contributed by atoms with E-state index in [-0.39, 0.29) is 0 Å². The van der Waals surface area contributed by atoms with Crippen LogP contribution in [0.2, 0.25) is 5.15 Å². The van der Waals surface area contributed by atoms with Gasteiger partial charge in [0.05, 0.1) is 5.69 Å². The van der Waals surface area contributed by atoms with Gasteiger partial charge in [0.2, 0.25) is 0 Å². The molecule has 1 aromatic carbocycles. The summed E-state index contributed by atoms with van der Waals surface area (Å²) in [5.74, 6) is 1.54. The van der Waals surface area contributed by atoms with Crippen molar-refractivity contribution in [1.29, 1.82) is 0 Å². The van der Waals surface area contributed by atoms with E-state index < -0.39 is 0 Å². The molecule has 0 unspecified atom stereocenters. The molecule has 0 aliphatic carbocycles. The van der Waals surface area contributed by atoms with Crippen LogP contribution in [0.4, 0.5) is 0 Å². The van der Waals surface area contributed by atoms with E-state index in [0.717, 1.165) is 22.8 Å². The Bertz CT molecular complexity index is 511. The van der Waals surface area contributed by atoms with Crippen molar-refractivity contribution in [2.75, 3.05) is 0 Å². The Kier molecular flexibility index (Phi) is 3.11. The van der Waals surface area contributed by atoms with E-state index in [0.29, 0.717) is 5.15 Å². The summed E-state index contributed by atoms with van der Waals surface area (Å²) in [7, 11) is 0. The molecule has 2 rings (SSSR count). The number of benzene rings is 1. The van der Waals surface area contributed by atoms with E-state index in [1.165, 1.54) is 0 Å². The number of ether oxygens (including phenoxy) is 1. The third-order valence-corrected chi connectivity index (χ3v) is 2.43. The lowest BCUT2D eigenvalue weighted by molar-refractivity contribution is 0.475. The van der Waals surface area contributed by atoms with Crippen molar-refractivity contribution in [3.63, 3.8) is 0 Å². The van der Waals surface area contributed by atoms with E-state index in [4.69, 9.17) is 16.3 Å². The smallest absolute Gasteiger partial charge is 0.148 e. The summed E-state index contributed by atoms with van der Waals surface area (Å²) < 4.78 is 5.72. The van der Waals surface area contributed by atoms with E-state index in [9.17, 15) is 0 Å². The van der Waals surface area contributed by atoms with Gasteiger partial charge in [-0.15, -0.1) is 0 Å². The van der Waals surface area contributed by atoms with Gasteiger partial charge < -0.3 is 4.74 Å². The minimum Gasteiger partial charge on any atom is -0.455 e. The van der Waals surface area contributed by atoms with E-state index >= 15 is 0 Å². The van der Waals surface area contributed by atoms with E-state index in [1.807, 2.05) is 44.2 Å². The molecule has 0 aliphatic rings. The minimum atomic E-state index is 0.481. The van der Waals surface area contributed by atoms with Gasteiger partial charge in [-0.3, -0.25) is 0 Å². The van der Waals surface area contributed by atoms with Crippen LogP contribution in [0.3, 0.4) is 0 Å². The Morgan fingerprint density at radius 1 is 1.12 bits per heavy atom. The standard InChI is InChI=1S/C13H12ClNO/c1-9-4-3-5-11(8-9)16-12-6-7-13(14)15-10(12)2/h3-8H,1-2H3. The first kappa shape index (κ1) is 11.0. The maximum Gasteiger partial charge on any atom is 0.148 e. The molecular formula is C13H12ClNO. The van der Waals surface area contributed by atoms with Crippen LogP contribution in [0.15, 0.2) is 36.4 Å². The molecule has 0 N–H and O–H groups in total. The van der Waals surface area contributed by atoms with Crippen molar-refractivity contribution < 1.29 is 4.74 Å². The number of rotatable bonds is 2. The first-order valence-electron chi connectivity index (χ1n) is 5.03. The highest BCUT2D eigenvalue weighted by Crippen LogP contribution is 2.25. The summed E-state index contributed by atoms with van der Waals surface area (Å²) in [6.45, 7) is 3.90. The van der Waals surface area contributed by atoms with Crippen molar-refractivity contribution in [1.82, 2.24) is 4.98 Å².